The van der Waals surface area contributed by atoms with E-state index < -0.39 is 5.91 Å². The fourth-order valence-electron chi connectivity index (χ4n) is 2.05. The SMILES string of the molecule is CCCN(CC)CCNCc1ccc(C(N)=O)cc1Cl. The van der Waals surface area contributed by atoms with Gasteiger partial charge in [0.1, 0.15) is 0 Å². The largest absolute Gasteiger partial charge is 0.366 e. The maximum Gasteiger partial charge on any atom is 0.248 e. The molecule has 0 unspecified atom stereocenters. The molecule has 0 fully saturated rings. The molecule has 4 nitrogen and oxygen atoms in total. The molecule has 1 aromatic rings. The van der Waals surface area contributed by atoms with E-state index in [0.29, 0.717) is 17.1 Å². The van der Waals surface area contributed by atoms with E-state index >= 15 is 0 Å². The third-order valence-corrected chi connectivity index (χ3v) is 3.60. The molecular formula is C15H24ClN3O. The Labute approximate surface area is 126 Å². The zero-order chi connectivity index (χ0) is 15.0. The lowest BCUT2D eigenvalue weighted by atomic mass is 10.1. The fourth-order valence-corrected chi connectivity index (χ4v) is 2.30. The standard InChI is InChI=1S/C15H24ClN3O/c1-3-8-19(4-2)9-7-18-11-13-6-5-12(15(17)20)10-14(13)16/h5-6,10,18H,3-4,7-9,11H2,1-2H3,(H2,17,20). The molecule has 0 bridgehead atoms. The number of nitrogens with zero attached hydrogens (tertiary/aromatic N) is 1. The molecule has 0 saturated carbocycles. The van der Waals surface area contributed by atoms with Crippen LogP contribution in [0.5, 0.6) is 0 Å². The highest BCUT2D eigenvalue weighted by Gasteiger charge is 2.06. The van der Waals surface area contributed by atoms with Gasteiger partial charge in [0.05, 0.1) is 0 Å². The minimum atomic E-state index is -0.454. The van der Waals surface area contributed by atoms with E-state index in [1.165, 1.54) is 6.42 Å². The van der Waals surface area contributed by atoms with Crippen LogP contribution in [0.1, 0.15) is 36.2 Å². The van der Waals surface area contributed by atoms with Crippen LogP contribution in [0.15, 0.2) is 18.2 Å². The maximum atomic E-state index is 11.0. The molecule has 0 atom stereocenters. The van der Waals surface area contributed by atoms with Gasteiger partial charge in [-0.05, 0) is 37.2 Å². The number of primary amides is 1. The Balaban J connectivity index is 2.40. The number of halogens is 1. The van der Waals surface area contributed by atoms with E-state index in [9.17, 15) is 4.79 Å². The van der Waals surface area contributed by atoms with Crippen LogP contribution >= 0.6 is 11.6 Å². The van der Waals surface area contributed by atoms with E-state index in [-0.39, 0.29) is 0 Å². The number of likely N-dealkylation sites (N-methyl/N-ethyl adjacent to an activating group) is 1. The van der Waals surface area contributed by atoms with Gasteiger partial charge >= 0.3 is 0 Å². The molecule has 112 valence electrons. The summed E-state index contributed by atoms with van der Waals surface area (Å²) in [6, 6.07) is 5.18. The monoisotopic (exact) mass is 297 g/mol. The molecule has 20 heavy (non-hydrogen) atoms. The summed E-state index contributed by atoms with van der Waals surface area (Å²) in [7, 11) is 0. The van der Waals surface area contributed by atoms with E-state index in [4.69, 9.17) is 17.3 Å². The molecule has 0 radical (unpaired) electrons. The van der Waals surface area contributed by atoms with Crippen molar-refractivity contribution in [3.8, 4) is 0 Å². The molecule has 3 N–H and O–H groups in total. The average Bonchev–Trinajstić information content (AvgIpc) is 2.43. The Morgan fingerprint density at radius 1 is 1.35 bits per heavy atom. The molecule has 0 aromatic heterocycles. The highest BCUT2D eigenvalue weighted by atomic mass is 35.5. The van der Waals surface area contributed by atoms with Gasteiger partial charge in [0.25, 0.3) is 0 Å². The van der Waals surface area contributed by atoms with Gasteiger partial charge in [0, 0.05) is 30.2 Å². The maximum absolute atomic E-state index is 11.0. The van der Waals surface area contributed by atoms with E-state index in [2.05, 4.69) is 24.1 Å². The van der Waals surface area contributed by atoms with Crippen molar-refractivity contribution in [2.75, 3.05) is 26.2 Å². The molecule has 0 spiro atoms. The van der Waals surface area contributed by atoms with Crippen LogP contribution in [0.4, 0.5) is 0 Å². The number of nitrogens with one attached hydrogen (secondary N) is 1. The second kappa shape index (κ2) is 8.95. The first-order valence-corrected chi connectivity index (χ1v) is 7.47. The number of hydrogen-bond acceptors (Lipinski definition) is 3. The summed E-state index contributed by atoms with van der Waals surface area (Å²) in [6.07, 6.45) is 1.17. The van der Waals surface area contributed by atoms with Crippen LogP contribution in [0.2, 0.25) is 5.02 Å². The number of hydrogen-bond donors (Lipinski definition) is 2. The van der Waals surface area contributed by atoms with Crippen molar-refractivity contribution in [2.45, 2.75) is 26.8 Å². The Bertz CT molecular complexity index is 437. The number of carbonyl (C=O) groups is 1. The topological polar surface area (TPSA) is 58.4 Å². The predicted octanol–water partition coefficient (Wildman–Crippen LogP) is 2.26. The summed E-state index contributed by atoms with van der Waals surface area (Å²) in [4.78, 5) is 13.4. The van der Waals surface area contributed by atoms with Crippen molar-refractivity contribution in [1.82, 2.24) is 10.2 Å². The van der Waals surface area contributed by atoms with E-state index in [0.717, 1.165) is 31.7 Å². The lowest BCUT2D eigenvalue weighted by molar-refractivity contribution is 0.100. The third kappa shape index (κ3) is 5.49. The van der Waals surface area contributed by atoms with Crippen molar-refractivity contribution in [3.63, 3.8) is 0 Å². The minimum Gasteiger partial charge on any atom is -0.366 e. The third-order valence-electron chi connectivity index (χ3n) is 3.24. The fraction of sp³-hybridized carbons (Fsp3) is 0.533. The molecule has 0 aliphatic rings. The summed E-state index contributed by atoms with van der Waals surface area (Å²) in [6.45, 7) is 9.21. The van der Waals surface area contributed by atoms with Gasteiger partial charge in [-0.15, -0.1) is 0 Å². The van der Waals surface area contributed by atoms with E-state index in [1.807, 2.05) is 6.07 Å². The minimum absolute atomic E-state index is 0.443. The van der Waals surface area contributed by atoms with Crippen LogP contribution in [-0.4, -0.2) is 37.0 Å². The first kappa shape index (κ1) is 17.0. The lowest BCUT2D eigenvalue weighted by Gasteiger charge is -2.19. The summed E-state index contributed by atoms with van der Waals surface area (Å²) in [5.74, 6) is -0.454. The summed E-state index contributed by atoms with van der Waals surface area (Å²) < 4.78 is 0. The quantitative estimate of drug-likeness (QED) is 0.687. The zero-order valence-corrected chi connectivity index (χ0v) is 13.0. The van der Waals surface area contributed by atoms with Crippen molar-refractivity contribution in [3.05, 3.63) is 34.3 Å². The van der Waals surface area contributed by atoms with Crippen molar-refractivity contribution >= 4 is 17.5 Å². The van der Waals surface area contributed by atoms with Crippen molar-refractivity contribution in [2.24, 2.45) is 5.73 Å². The second-order valence-electron chi connectivity index (χ2n) is 4.78. The van der Waals surface area contributed by atoms with Crippen LogP contribution in [-0.2, 0) is 6.54 Å². The van der Waals surface area contributed by atoms with Gasteiger partial charge in [-0.25, -0.2) is 0 Å². The molecule has 5 heteroatoms. The molecule has 0 heterocycles. The van der Waals surface area contributed by atoms with Crippen molar-refractivity contribution in [1.29, 1.82) is 0 Å². The van der Waals surface area contributed by atoms with E-state index in [1.54, 1.807) is 12.1 Å². The highest BCUT2D eigenvalue weighted by molar-refractivity contribution is 6.31. The average molecular weight is 298 g/mol. The summed E-state index contributed by atoms with van der Waals surface area (Å²) in [5, 5.41) is 3.95. The zero-order valence-electron chi connectivity index (χ0n) is 12.3. The van der Waals surface area contributed by atoms with Crippen LogP contribution in [0.25, 0.3) is 0 Å². The molecule has 0 saturated heterocycles. The number of amides is 1. The Kier molecular flexibility index (Phi) is 7.59. The Hall–Kier alpha value is -1.10. The Morgan fingerprint density at radius 2 is 2.10 bits per heavy atom. The summed E-state index contributed by atoms with van der Waals surface area (Å²) >= 11 is 6.13. The number of benzene rings is 1. The molecule has 0 aliphatic heterocycles. The second-order valence-corrected chi connectivity index (χ2v) is 5.19. The first-order chi connectivity index (χ1) is 9.58. The highest BCUT2D eigenvalue weighted by Crippen LogP contribution is 2.17. The number of rotatable bonds is 9. The van der Waals surface area contributed by atoms with Gasteiger partial charge in [0.15, 0.2) is 0 Å². The number of carbonyl (C=O) groups excluding carboxylic acids is 1. The molecule has 0 aliphatic carbocycles. The first-order valence-electron chi connectivity index (χ1n) is 7.09. The van der Waals surface area contributed by atoms with Gasteiger partial charge in [0.2, 0.25) is 5.91 Å². The molecule has 1 amide bonds. The Morgan fingerprint density at radius 3 is 2.65 bits per heavy atom. The normalized spacial score (nSPS) is 11.0. The van der Waals surface area contributed by atoms with Crippen LogP contribution in [0, 0.1) is 0 Å². The lowest BCUT2D eigenvalue weighted by Crippen LogP contribution is -2.32. The smallest absolute Gasteiger partial charge is 0.248 e. The molecular weight excluding hydrogens is 274 g/mol. The molecule has 1 aromatic carbocycles. The number of nitrogens with two attached hydrogens (primary N) is 1. The van der Waals surface area contributed by atoms with Gasteiger partial charge < -0.3 is 16.0 Å². The molecule has 1 rings (SSSR count). The van der Waals surface area contributed by atoms with Crippen LogP contribution in [0.3, 0.4) is 0 Å². The van der Waals surface area contributed by atoms with Crippen molar-refractivity contribution < 1.29 is 4.79 Å². The van der Waals surface area contributed by atoms with Gasteiger partial charge in [-0.2, -0.15) is 0 Å². The predicted molar refractivity (Wildman–Crippen MR) is 84.1 cm³/mol. The summed E-state index contributed by atoms with van der Waals surface area (Å²) in [5.41, 5.74) is 6.64. The van der Waals surface area contributed by atoms with Gasteiger partial charge in [-0.1, -0.05) is 31.5 Å². The van der Waals surface area contributed by atoms with Crippen LogP contribution < -0.4 is 11.1 Å². The van der Waals surface area contributed by atoms with Gasteiger partial charge in [-0.3, -0.25) is 4.79 Å².